The van der Waals surface area contributed by atoms with Gasteiger partial charge in [-0.15, -0.1) is 0 Å². The van der Waals surface area contributed by atoms with Crippen LogP contribution in [0.15, 0.2) is 41.2 Å². The number of aryl methyl sites for hydroxylation is 1. The van der Waals surface area contributed by atoms with E-state index in [1.807, 2.05) is 31.2 Å². The summed E-state index contributed by atoms with van der Waals surface area (Å²) in [6.07, 6.45) is 0.500. The molecule has 0 fully saturated rings. The molecular formula is C17H20ClFN2O2. The number of hydrogen-bond acceptors (Lipinski definition) is 3. The summed E-state index contributed by atoms with van der Waals surface area (Å²) >= 11 is 6.07. The largest absolute Gasteiger partial charge is 0.375 e. The van der Waals surface area contributed by atoms with Crippen LogP contribution in [-0.2, 0) is 9.53 Å². The summed E-state index contributed by atoms with van der Waals surface area (Å²) in [6, 6.07) is 6.56. The van der Waals surface area contributed by atoms with Gasteiger partial charge in [-0.3, -0.25) is 4.79 Å². The van der Waals surface area contributed by atoms with Crippen LogP contribution in [0.4, 0.5) is 4.39 Å². The Kier molecular flexibility index (Phi) is 4.94. The maximum absolute atomic E-state index is 14.9. The molecule has 1 aliphatic rings. The standard InChI is InChI=1S/C17H20ClFN2O2/c1-9-6-4-5-7-11(9)12-8-13(18)14(19)17(10(2)20,16(21)22)15(12)23-3/h4-8,10,15H,20H2,1-3H3,(H2,21,22). The third-order valence-corrected chi connectivity index (χ3v) is 4.64. The van der Waals surface area contributed by atoms with Crippen LogP contribution in [0.2, 0.25) is 0 Å². The Bertz CT molecular complexity index is 700. The fourth-order valence-corrected chi connectivity index (χ4v) is 3.44. The lowest BCUT2D eigenvalue weighted by Gasteiger charge is -2.42. The van der Waals surface area contributed by atoms with Crippen molar-refractivity contribution >= 4 is 23.1 Å². The maximum Gasteiger partial charge on any atom is 0.235 e. The van der Waals surface area contributed by atoms with Gasteiger partial charge in [-0.25, -0.2) is 4.39 Å². The number of primary amides is 1. The van der Waals surface area contributed by atoms with Gasteiger partial charge in [0.25, 0.3) is 0 Å². The lowest BCUT2D eigenvalue weighted by atomic mass is 9.67. The number of rotatable bonds is 4. The highest BCUT2D eigenvalue weighted by Crippen LogP contribution is 2.49. The van der Waals surface area contributed by atoms with E-state index in [2.05, 4.69) is 0 Å². The van der Waals surface area contributed by atoms with Crippen molar-refractivity contribution in [1.82, 2.24) is 0 Å². The van der Waals surface area contributed by atoms with Crippen LogP contribution in [0, 0.1) is 12.3 Å². The molecule has 0 radical (unpaired) electrons. The highest BCUT2D eigenvalue weighted by Gasteiger charge is 2.56. The number of hydrogen-bond donors (Lipinski definition) is 2. The number of methoxy groups -OCH3 is 1. The molecule has 0 spiro atoms. The smallest absolute Gasteiger partial charge is 0.235 e. The molecule has 0 saturated heterocycles. The Morgan fingerprint density at radius 1 is 1.43 bits per heavy atom. The van der Waals surface area contributed by atoms with E-state index >= 15 is 0 Å². The number of nitrogens with two attached hydrogens (primary N) is 2. The third-order valence-electron chi connectivity index (χ3n) is 4.37. The predicted molar refractivity (Wildman–Crippen MR) is 89.2 cm³/mol. The number of ether oxygens (including phenoxy) is 1. The first-order chi connectivity index (χ1) is 10.8. The molecule has 0 heterocycles. The second-order valence-electron chi connectivity index (χ2n) is 5.71. The Morgan fingerprint density at radius 2 is 2.04 bits per heavy atom. The molecule has 3 unspecified atom stereocenters. The molecule has 6 heteroatoms. The highest BCUT2D eigenvalue weighted by molar-refractivity contribution is 6.32. The predicted octanol–water partition coefficient (Wildman–Crippen LogP) is 2.65. The maximum atomic E-state index is 14.9. The molecule has 0 bridgehead atoms. The summed E-state index contributed by atoms with van der Waals surface area (Å²) in [5.41, 5.74) is 12.0. The Morgan fingerprint density at radius 3 is 2.52 bits per heavy atom. The number of amides is 1. The molecule has 23 heavy (non-hydrogen) atoms. The van der Waals surface area contributed by atoms with E-state index in [1.165, 1.54) is 20.1 Å². The lowest BCUT2D eigenvalue weighted by molar-refractivity contribution is -0.133. The summed E-state index contributed by atoms with van der Waals surface area (Å²) in [5.74, 6) is -1.76. The fraction of sp³-hybridized carbons (Fsp3) is 0.353. The third kappa shape index (κ3) is 2.59. The number of halogens is 2. The monoisotopic (exact) mass is 338 g/mol. The van der Waals surface area contributed by atoms with Crippen molar-refractivity contribution in [1.29, 1.82) is 0 Å². The first-order valence-electron chi connectivity index (χ1n) is 7.20. The second kappa shape index (κ2) is 6.43. The van der Waals surface area contributed by atoms with Gasteiger partial charge in [-0.2, -0.15) is 0 Å². The molecule has 0 saturated carbocycles. The van der Waals surface area contributed by atoms with Crippen molar-refractivity contribution in [2.75, 3.05) is 7.11 Å². The van der Waals surface area contributed by atoms with Crippen molar-refractivity contribution < 1.29 is 13.9 Å². The number of carbonyl (C=O) groups excluding carboxylic acids is 1. The number of carbonyl (C=O) groups is 1. The Hall–Kier alpha value is -1.69. The van der Waals surface area contributed by atoms with Gasteiger partial charge in [0.1, 0.15) is 17.3 Å². The molecular weight excluding hydrogens is 319 g/mol. The molecule has 1 aromatic rings. The molecule has 0 aromatic heterocycles. The molecule has 4 N–H and O–H groups in total. The summed E-state index contributed by atoms with van der Waals surface area (Å²) in [7, 11) is 1.39. The van der Waals surface area contributed by atoms with Gasteiger partial charge in [0.05, 0.1) is 5.03 Å². The van der Waals surface area contributed by atoms with Crippen LogP contribution < -0.4 is 11.5 Å². The average molecular weight is 339 g/mol. The van der Waals surface area contributed by atoms with Crippen LogP contribution >= 0.6 is 11.6 Å². The molecule has 4 nitrogen and oxygen atoms in total. The minimum absolute atomic E-state index is 0.187. The van der Waals surface area contributed by atoms with Gasteiger partial charge < -0.3 is 16.2 Å². The Balaban J connectivity index is 2.78. The number of benzene rings is 1. The summed E-state index contributed by atoms with van der Waals surface area (Å²) < 4.78 is 20.4. The van der Waals surface area contributed by atoms with Crippen molar-refractivity contribution in [3.63, 3.8) is 0 Å². The molecule has 2 rings (SSSR count). The zero-order valence-corrected chi connectivity index (χ0v) is 14.0. The van der Waals surface area contributed by atoms with Crippen LogP contribution in [0.25, 0.3) is 5.57 Å². The first-order valence-corrected chi connectivity index (χ1v) is 7.57. The minimum Gasteiger partial charge on any atom is -0.375 e. The average Bonchev–Trinajstić information content (AvgIpc) is 2.49. The molecule has 1 amide bonds. The number of allylic oxidation sites excluding steroid dienone is 2. The van der Waals surface area contributed by atoms with Crippen molar-refractivity contribution in [2.24, 2.45) is 16.9 Å². The van der Waals surface area contributed by atoms with Gasteiger partial charge in [0.15, 0.2) is 0 Å². The fourth-order valence-electron chi connectivity index (χ4n) is 3.16. The Labute approximate surface area is 139 Å². The SMILES string of the molecule is COC1C(c2ccccc2C)=CC(Cl)=C(F)C1(C(N)=O)C(C)N. The van der Waals surface area contributed by atoms with Gasteiger partial charge in [-0.05, 0) is 36.6 Å². The van der Waals surface area contributed by atoms with Crippen LogP contribution in [-0.4, -0.2) is 25.2 Å². The summed E-state index contributed by atoms with van der Waals surface area (Å²) in [5, 5.41) is -0.187. The van der Waals surface area contributed by atoms with Gasteiger partial charge in [0, 0.05) is 13.2 Å². The van der Waals surface area contributed by atoms with Crippen LogP contribution in [0.1, 0.15) is 18.1 Å². The quantitative estimate of drug-likeness (QED) is 0.885. The van der Waals surface area contributed by atoms with E-state index in [-0.39, 0.29) is 5.03 Å². The highest BCUT2D eigenvalue weighted by atomic mass is 35.5. The van der Waals surface area contributed by atoms with Crippen LogP contribution in [0.5, 0.6) is 0 Å². The molecule has 1 aliphatic carbocycles. The summed E-state index contributed by atoms with van der Waals surface area (Å²) in [4.78, 5) is 12.2. The zero-order valence-electron chi connectivity index (χ0n) is 13.3. The lowest BCUT2D eigenvalue weighted by Crippen LogP contribution is -2.59. The second-order valence-corrected chi connectivity index (χ2v) is 6.12. The van der Waals surface area contributed by atoms with E-state index in [1.54, 1.807) is 0 Å². The van der Waals surface area contributed by atoms with Crippen LogP contribution in [0.3, 0.4) is 0 Å². The van der Waals surface area contributed by atoms with Crippen molar-refractivity contribution in [3.8, 4) is 0 Å². The van der Waals surface area contributed by atoms with Gasteiger partial charge in [-0.1, -0.05) is 35.9 Å². The molecule has 0 aliphatic heterocycles. The van der Waals surface area contributed by atoms with Gasteiger partial charge >= 0.3 is 0 Å². The van der Waals surface area contributed by atoms with E-state index in [9.17, 15) is 9.18 Å². The molecule has 1 aromatic carbocycles. The van der Waals surface area contributed by atoms with E-state index in [0.717, 1.165) is 11.1 Å². The van der Waals surface area contributed by atoms with E-state index in [4.69, 9.17) is 27.8 Å². The first kappa shape index (κ1) is 17.7. The summed E-state index contributed by atoms with van der Waals surface area (Å²) in [6.45, 7) is 3.42. The topological polar surface area (TPSA) is 78.3 Å². The normalized spacial score (nSPS) is 26.0. The van der Waals surface area contributed by atoms with Crippen molar-refractivity contribution in [2.45, 2.75) is 26.0 Å². The van der Waals surface area contributed by atoms with E-state index < -0.39 is 29.3 Å². The zero-order chi connectivity index (χ0) is 17.4. The van der Waals surface area contributed by atoms with Crippen molar-refractivity contribution in [3.05, 3.63) is 52.3 Å². The van der Waals surface area contributed by atoms with E-state index in [0.29, 0.717) is 5.57 Å². The molecule has 124 valence electrons. The van der Waals surface area contributed by atoms with Gasteiger partial charge in [0.2, 0.25) is 5.91 Å². The molecule has 3 atom stereocenters. The minimum atomic E-state index is -1.85.